The molecule has 5 heteroatoms. The first-order chi connectivity index (χ1) is 14.4. The van der Waals surface area contributed by atoms with Gasteiger partial charge in [0, 0.05) is 26.2 Å². The van der Waals surface area contributed by atoms with Gasteiger partial charge in [0.15, 0.2) is 0 Å². The summed E-state index contributed by atoms with van der Waals surface area (Å²) < 4.78 is 5.45. The highest BCUT2D eigenvalue weighted by Gasteiger charge is 2.22. The lowest BCUT2D eigenvalue weighted by molar-refractivity contribution is 0.0341. The second kappa shape index (κ2) is 10.6. The summed E-state index contributed by atoms with van der Waals surface area (Å²) in [5, 5.41) is 6.25. The van der Waals surface area contributed by atoms with E-state index in [2.05, 4.69) is 66.6 Å². The Morgan fingerprint density at radius 3 is 2.30 bits per heavy atom. The van der Waals surface area contributed by atoms with E-state index in [0.29, 0.717) is 6.54 Å². The Kier molecular flexibility index (Phi) is 7.88. The van der Waals surface area contributed by atoms with Gasteiger partial charge in [0.1, 0.15) is 0 Å². The summed E-state index contributed by atoms with van der Waals surface area (Å²) in [6.07, 6.45) is 0.873. The van der Waals surface area contributed by atoms with E-state index in [9.17, 15) is 4.79 Å². The van der Waals surface area contributed by atoms with Gasteiger partial charge in [-0.2, -0.15) is 0 Å². The van der Waals surface area contributed by atoms with Gasteiger partial charge in [-0.15, -0.1) is 0 Å². The highest BCUT2D eigenvalue weighted by Crippen LogP contribution is 2.29. The van der Waals surface area contributed by atoms with E-state index < -0.39 is 0 Å². The number of carbonyl (C=O) groups excluding carboxylic acids is 1. The summed E-state index contributed by atoms with van der Waals surface area (Å²) in [5.41, 5.74) is 3.66. The molecular weight excluding hydrogens is 374 g/mol. The van der Waals surface area contributed by atoms with Gasteiger partial charge in [-0.25, -0.2) is 4.79 Å². The third kappa shape index (κ3) is 7.15. The number of rotatable bonds is 7. The van der Waals surface area contributed by atoms with Gasteiger partial charge >= 0.3 is 6.03 Å². The number of hydrogen-bond acceptors (Lipinski definition) is 3. The summed E-state index contributed by atoms with van der Waals surface area (Å²) in [4.78, 5) is 15.1. The molecule has 162 valence electrons. The minimum Gasteiger partial charge on any atom is -0.379 e. The fourth-order valence-electron chi connectivity index (χ4n) is 3.82. The van der Waals surface area contributed by atoms with Crippen molar-refractivity contribution in [2.75, 3.05) is 26.3 Å². The Morgan fingerprint density at radius 2 is 1.63 bits per heavy atom. The fourth-order valence-corrected chi connectivity index (χ4v) is 3.82. The van der Waals surface area contributed by atoms with Crippen LogP contribution in [0.1, 0.15) is 49.9 Å². The van der Waals surface area contributed by atoms with Crippen molar-refractivity contribution < 1.29 is 9.53 Å². The third-order valence-corrected chi connectivity index (χ3v) is 5.38. The normalized spacial score (nSPS) is 16.1. The first-order valence-corrected chi connectivity index (χ1v) is 10.9. The number of urea groups is 1. The van der Waals surface area contributed by atoms with Crippen molar-refractivity contribution >= 4 is 6.03 Å². The first-order valence-electron chi connectivity index (χ1n) is 10.9. The molecule has 0 aliphatic carbocycles. The van der Waals surface area contributed by atoms with E-state index in [4.69, 9.17) is 4.74 Å². The molecule has 0 aromatic heterocycles. The Balaban J connectivity index is 1.60. The van der Waals surface area contributed by atoms with Gasteiger partial charge in [0.25, 0.3) is 0 Å². The zero-order valence-corrected chi connectivity index (χ0v) is 18.5. The van der Waals surface area contributed by atoms with E-state index in [1.165, 1.54) is 5.56 Å². The Labute approximate surface area is 180 Å². The van der Waals surface area contributed by atoms with Gasteiger partial charge in [0.05, 0.1) is 19.3 Å². The van der Waals surface area contributed by atoms with Crippen molar-refractivity contribution in [1.29, 1.82) is 0 Å². The van der Waals surface area contributed by atoms with Gasteiger partial charge < -0.3 is 15.4 Å². The summed E-state index contributed by atoms with van der Waals surface area (Å²) >= 11 is 0. The van der Waals surface area contributed by atoms with Crippen LogP contribution in [0.2, 0.25) is 0 Å². The zero-order chi connectivity index (χ0) is 21.4. The summed E-state index contributed by atoms with van der Waals surface area (Å²) in [6.45, 7) is 11.5. The molecular formula is C25H35N3O2. The maximum atomic E-state index is 12.7. The Bertz CT molecular complexity index is 796. The molecule has 30 heavy (non-hydrogen) atoms. The molecule has 0 bridgehead atoms. The number of hydrogen-bond donors (Lipinski definition) is 2. The SMILES string of the molecule is CC(C)(C)CC(NC(=O)NCc1ccccc1CN1CCOCC1)c1ccccc1. The average Bonchev–Trinajstić information content (AvgIpc) is 2.73. The molecule has 1 saturated heterocycles. The number of carbonyl (C=O) groups is 1. The number of amides is 2. The minimum absolute atomic E-state index is 0.0187. The topological polar surface area (TPSA) is 53.6 Å². The second-order valence-corrected chi connectivity index (χ2v) is 9.21. The van der Waals surface area contributed by atoms with Crippen LogP contribution in [0.15, 0.2) is 54.6 Å². The lowest BCUT2D eigenvalue weighted by atomic mass is 9.85. The predicted octanol–water partition coefficient (Wildman–Crippen LogP) is 4.50. The van der Waals surface area contributed by atoms with Gasteiger partial charge in [0.2, 0.25) is 0 Å². The van der Waals surface area contributed by atoms with Crippen molar-refractivity contribution in [3.8, 4) is 0 Å². The van der Waals surface area contributed by atoms with Crippen LogP contribution in [0.25, 0.3) is 0 Å². The van der Waals surface area contributed by atoms with Crippen molar-refractivity contribution in [2.24, 2.45) is 5.41 Å². The number of nitrogens with zero attached hydrogens (tertiary/aromatic N) is 1. The zero-order valence-electron chi connectivity index (χ0n) is 18.5. The third-order valence-electron chi connectivity index (χ3n) is 5.38. The van der Waals surface area contributed by atoms with Crippen LogP contribution in [0, 0.1) is 5.41 Å². The van der Waals surface area contributed by atoms with Gasteiger partial charge in [-0.05, 0) is 28.5 Å². The van der Waals surface area contributed by atoms with Crippen LogP contribution in [-0.2, 0) is 17.8 Å². The molecule has 2 amide bonds. The monoisotopic (exact) mass is 409 g/mol. The molecule has 1 heterocycles. The van der Waals surface area contributed by atoms with Crippen LogP contribution in [0.5, 0.6) is 0 Å². The maximum absolute atomic E-state index is 12.7. The lowest BCUT2D eigenvalue weighted by Crippen LogP contribution is -2.39. The molecule has 2 aromatic rings. The molecule has 0 saturated carbocycles. The van der Waals surface area contributed by atoms with Crippen LogP contribution < -0.4 is 10.6 Å². The molecule has 1 fully saturated rings. The molecule has 2 aromatic carbocycles. The van der Waals surface area contributed by atoms with Gasteiger partial charge in [-0.1, -0.05) is 75.4 Å². The maximum Gasteiger partial charge on any atom is 0.315 e. The largest absolute Gasteiger partial charge is 0.379 e. The number of benzene rings is 2. The summed E-state index contributed by atoms with van der Waals surface area (Å²) in [5.74, 6) is 0. The highest BCUT2D eigenvalue weighted by atomic mass is 16.5. The Morgan fingerprint density at radius 1 is 1.00 bits per heavy atom. The highest BCUT2D eigenvalue weighted by molar-refractivity contribution is 5.74. The van der Waals surface area contributed by atoms with Crippen molar-refractivity contribution in [3.05, 3.63) is 71.3 Å². The molecule has 5 nitrogen and oxygen atoms in total. The second-order valence-electron chi connectivity index (χ2n) is 9.21. The van der Waals surface area contributed by atoms with Gasteiger partial charge in [-0.3, -0.25) is 4.90 Å². The van der Waals surface area contributed by atoms with Crippen LogP contribution in [0.3, 0.4) is 0 Å². The summed E-state index contributed by atoms with van der Waals surface area (Å²) in [7, 11) is 0. The van der Waals surface area contributed by atoms with Crippen LogP contribution >= 0.6 is 0 Å². The first kappa shape index (κ1) is 22.3. The number of nitrogens with one attached hydrogen (secondary N) is 2. The molecule has 1 atom stereocenters. The van der Waals surface area contributed by atoms with Crippen LogP contribution in [-0.4, -0.2) is 37.2 Å². The molecule has 1 unspecified atom stereocenters. The molecule has 0 radical (unpaired) electrons. The molecule has 1 aliphatic rings. The summed E-state index contributed by atoms with van der Waals surface area (Å²) in [6, 6.07) is 18.4. The quantitative estimate of drug-likeness (QED) is 0.708. The minimum atomic E-state index is -0.130. The Hall–Kier alpha value is -2.37. The number of morpholine rings is 1. The van der Waals surface area contributed by atoms with Crippen molar-refractivity contribution in [3.63, 3.8) is 0 Å². The molecule has 2 N–H and O–H groups in total. The van der Waals surface area contributed by atoms with E-state index in [0.717, 1.165) is 50.4 Å². The van der Waals surface area contributed by atoms with Crippen molar-refractivity contribution in [2.45, 2.75) is 46.3 Å². The fraction of sp³-hybridized carbons (Fsp3) is 0.480. The van der Waals surface area contributed by atoms with E-state index in [-0.39, 0.29) is 17.5 Å². The molecule has 1 aliphatic heterocycles. The van der Waals surface area contributed by atoms with Crippen LogP contribution in [0.4, 0.5) is 4.79 Å². The predicted molar refractivity (Wildman–Crippen MR) is 121 cm³/mol. The lowest BCUT2D eigenvalue weighted by Gasteiger charge is -2.28. The van der Waals surface area contributed by atoms with E-state index in [1.54, 1.807) is 0 Å². The molecule has 0 spiro atoms. The average molecular weight is 410 g/mol. The molecule has 3 rings (SSSR count). The van der Waals surface area contributed by atoms with E-state index >= 15 is 0 Å². The van der Waals surface area contributed by atoms with E-state index in [1.807, 2.05) is 24.3 Å². The van der Waals surface area contributed by atoms with Crippen molar-refractivity contribution in [1.82, 2.24) is 15.5 Å². The number of ether oxygens (including phenoxy) is 1. The standard InChI is InChI=1S/C25H35N3O2/c1-25(2,3)17-23(20-9-5-4-6-10-20)27-24(29)26-18-21-11-7-8-12-22(21)19-28-13-15-30-16-14-28/h4-12,23H,13-19H2,1-3H3,(H2,26,27,29). The smallest absolute Gasteiger partial charge is 0.315 e.